The Labute approximate surface area is 159 Å². The van der Waals surface area contributed by atoms with E-state index in [9.17, 15) is 0 Å². The van der Waals surface area contributed by atoms with E-state index in [-0.39, 0.29) is 18.3 Å². The van der Waals surface area contributed by atoms with Crippen LogP contribution in [0.15, 0.2) is 60.9 Å². The maximum atomic E-state index is 6.22. The molecule has 0 unspecified atom stereocenters. The molecule has 1 saturated heterocycles. The van der Waals surface area contributed by atoms with Crippen LogP contribution in [-0.2, 0) is 9.31 Å². The second kappa shape index (κ2) is 5.54. The van der Waals surface area contributed by atoms with Crippen LogP contribution in [0.2, 0.25) is 0 Å². The molecule has 0 radical (unpaired) electrons. The number of hydrogen-bond acceptors (Lipinski definition) is 3. The topological polar surface area (TPSA) is 31.4 Å². The summed E-state index contributed by atoms with van der Waals surface area (Å²) in [6, 6.07) is 17.2. The van der Waals surface area contributed by atoms with Crippen molar-refractivity contribution in [2.24, 2.45) is 0 Å². The normalized spacial score (nSPS) is 18.6. The van der Waals surface area contributed by atoms with Crippen LogP contribution in [-0.4, -0.2) is 23.3 Å². The lowest BCUT2D eigenvalue weighted by atomic mass is 9.78. The fourth-order valence-electron chi connectivity index (χ4n) is 3.87. The van der Waals surface area contributed by atoms with Gasteiger partial charge in [-0.15, -0.1) is 0 Å². The molecule has 4 heteroatoms. The third kappa shape index (κ3) is 2.48. The Morgan fingerprint density at radius 2 is 1.41 bits per heavy atom. The highest BCUT2D eigenvalue weighted by atomic mass is 16.7. The highest BCUT2D eigenvalue weighted by molar-refractivity contribution is 6.62. The lowest BCUT2D eigenvalue weighted by Gasteiger charge is -2.32. The van der Waals surface area contributed by atoms with E-state index < -0.39 is 0 Å². The first kappa shape index (κ1) is 16.7. The van der Waals surface area contributed by atoms with Crippen molar-refractivity contribution in [2.45, 2.75) is 38.9 Å². The molecule has 0 aliphatic carbocycles. The van der Waals surface area contributed by atoms with E-state index in [1.807, 2.05) is 12.4 Å². The summed E-state index contributed by atoms with van der Waals surface area (Å²) in [5, 5.41) is 7.28. The first-order valence-electron chi connectivity index (χ1n) is 9.40. The predicted molar refractivity (Wildman–Crippen MR) is 112 cm³/mol. The Morgan fingerprint density at radius 1 is 0.741 bits per heavy atom. The standard InChI is InChI=1S/C23H22BNO2/c1-22(2)23(3,4)27-24(26-22)18-9-10-19-17(13-18)8-7-16-6-5-15-11-12-25-14-20(15)21(16)19/h5-14H,1-4H3. The Bertz CT molecular complexity index is 1180. The van der Waals surface area contributed by atoms with Crippen LogP contribution in [0.4, 0.5) is 0 Å². The van der Waals surface area contributed by atoms with E-state index in [4.69, 9.17) is 9.31 Å². The molecule has 4 aromatic rings. The molecule has 0 spiro atoms. The van der Waals surface area contributed by atoms with Gasteiger partial charge >= 0.3 is 7.12 Å². The molecule has 1 fully saturated rings. The summed E-state index contributed by atoms with van der Waals surface area (Å²) in [5.41, 5.74) is 0.384. The highest BCUT2D eigenvalue weighted by Gasteiger charge is 2.51. The van der Waals surface area contributed by atoms with Gasteiger partial charge in [-0.3, -0.25) is 4.98 Å². The SMILES string of the molecule is CC1(C)OB(c2ccc3c(ccc4ccc5ccncc5c43)c2)OC1(C)C. The van der Waals surface area contributed by atoms with Crippen molar-refractivity contribution in [3.63, 3.8) is 0 Å². The van der Waals surface area contributed by atoms with Crippen LogP contribution in [0.5, 0.6) is 0 Å². The van der Waals surface area contributed by atoms with Crippen LogP contribution in [0.25, 0.3) is 32.3 Å². The molecule has 134 valence electrons. The first-order chi connectivity index (χ1) is 12.9. The molecule has 5 rings (SSSR count). The molecule has 0 amide bonds. The van der Waals surface area contributed by atoms with Gasteiger partial charge in [-0.05, 0) is 66.2 Å². The summed E-state index contributed by atoms with van der Waals surface area (Å²) >= 11 is 0. The van der Waals surface area contributed by atoms with Crippen molar-refractivity contribution in [2.75, 3.05) is 0 Å². The lowest BCUT2D eigenvalue weighted by molar-refractivity contribution is 0.00578. The summed E-state index contributed by atoms with van der Waals surface area (Å²) in [6.45, 7) is 8.34. The number of hydrogen-bond donors (Lipinski definition) is 0. The molecule has 0 N–H and O–H groups in total. The van der Waals surface area contributed by atoms with Crippen molar-refractivity contribution < 1.29 is 9.31 Å². The van der Waals surface area contributed by atoms with Crippen LogP contribution in [0.1, 0.15) is 27.7 Å². The van der Waals surface area contributed by atoms with Crippen molar-refractivity contribution in [3.05, 3.63) is 60.9 Å². The summed E-state index contributed by atoms with van der Waals surface area (Å²) in [6.07, 6.45) is 3.80. The molecule has 0 atom stereocenters. The maximum Gasteiger partial charge on any atom is 0.494 e. The van der Waals surface area contributed by atoms with Crippen molar-refractivity contribution in [1.82, 2.24) is 4.98 Å². The number of nitrogens with zero attached hydrogens (tertiary/aromatic N) is 1. The second-order valence-electron chi connectivity index (χ2n) is 8.39. The Hall–Kier alpha value is -2.43. The zero-order valence-corrected chi connectivity index (χ0v) is 16.1. The highest BCUT2D eigenvalue weighted by Crippen LogP contribution is 2.37. The molecule has 0 bridgehead atoms. The van der Waals surface area contributed by atoms with Crippen LogP contribution >= 0.6 is 0 Å². The van der Waals surface area contributed by atoms with Gasteiger partial charge in [0, 0.05) is 17.8 Å². The van der Waals surface area contributed by atoms with E-state index in [0.29, 0.717) is 0 Å². The largest absolute Gasteiger partial charge is 0.494 e. The third-order valence-corrected chi connectivity index (χ3v) is 6.17. The molecule has 0 saturated carbocycles. The van der Waals surface area contributed by atoms with Gasteiger partial charge in [-0.2, -0.15) is 0 Å². The summed E-state index contributed by atoms with van der Waals surface area (Å²) in [7, 11) is -0.343. The molecular formula is C23H22BNO2. The Kier molecular flexibility index (Phi) is 3.43. The molecule has 3 aromatic carbocycles. The molecule has 2 heterocycles. The number of aromatic nitrogens is 1. The molecule has 3 nitrogen and oxygen atoms in total. The summed E-state index contributed by atoms with van der Waals surface area (Å²) in [4.78, 5) is 4.34. The fourth-order valence-corrected chi connectivity index (χ4v) is 3.87. The zero-order chi connectivity index (χ0) is 18.8. The Balaban J connectivity index is 1.69. The molecule has 27 heavy (non-hydrogen) atoms. The van der Waals surface area contributed by atoms with E-state index in [1.54, 1.807) is 0 Å². The van der Waals surface area contributed by atoms with Crippen molar-refractivity contribution in [1.29, 1.82) is 0 Å². The number of fused-ring (bicyclic) bond motifs is 5. The minimum Gasteiger partial charge on any atom is -0.399 e. The van der Waals surface area contributed by atoms with E-state index in [1.165, 1.54) is 32.3 Å². The van der Waals surface area contributed by atoms with Gasteiger partial charge in [-0.1, -0.05) is 42.5 Å². The monoisotopic (exact) mass is 355 g/mol. The van der Waals surface area contributed by atoms with Gasteiger partial charge in [0.25, 0.3) is 0 Å². The quantitative estimate of drug-likeness (QED) is 0.362. The molecule has 1 aliphatic heterocycles. The number of benzene rings is 3. The van der Waals surface area contributed by atoms with Crippen LogP contribution in [0, 0.1) is 0 Å². The minimum absolute atomic E-state index is 0.335. The van der Waals surface area contributed by atoms with Gasteiger partial charge in [0.15, 0.2) is 0 Å². The van der Waals surface area contributed by atoms with Crippen LogP contribution < -0.4 is 5.46 Å². The second-order valence-corrected chi connectivity index (χ2v) is 8.39. The number of pyridine rings is 1. The lowest BCUT2D eigenvalue weighted by Crippen LogP contribution is -2.41. The summed E-state index contributed by atoms with van der Waals surface area (Å²) in [5.74, 6) is 0. The van der Waals surface area contributed by atoms with Crippen molar-refractivity contribution in [3.8, 4) is 0 Å². The van der Waals surface area contributed by atoms with Crippen molar-refractivity contribution >= 4 is 44.9 Å². The fraction of sp³-hybridized carbons (Fsp3) is 0.261. The van der Waals surface area contributed by atoms with Gasteiger partial charge < -0.3 is 9.31 Å². The zero-order valence-electron chi connectivity index (χ0n) is 16.1. The third-order valence-electron chi connectivity index (χ3n) is 6.17. The summed E-state index contributed by atoms with van der Waals surface area (Å²) < 4.78 is 12.4. The molecule has 1 aliphatic rings. The van der Waals surface area contributed by atoms with Gasteiger partial charge in [0.1, 0.15) is 0 Å². The van der Waals surface area contributed by atoms with E-state index in [0.717, 1.165) is 5.46 Å². The smallest absolute Gasteiger partial charge is 0.399 e. The Morgan fingerprint density at radius 3 is 2.15 bits per heavy atom. The predicted octanol–water partition coefficient (Wildman–Crippen LogP) is 4.84. The van der Waals surface area contributed by atoms with E-state index >= 15 is 0 Å². The average molecular weight is 355 g/mol. The van der Waals surface area contributed by atoms with Gasteiger partial charge in [-0.25, -0.2) is 0 Å². The molecular weight excluding hydrogens is 333 g/mol. The van der Waals surface area contributed by atoms with Gasteiger partial charge in [0.05, 0.1) is 11.2 Å². The van der Waals surface area contributed by atoms with E-state index in [2.05, 4.69) is 81.2 Å². The average Bonchev–Trinajstić information content (AvgIpc) is 2.88. The van der Waals surface area contributed by atoms with Gasteiger partial charge in [0.2, 0.25) is 0 Å². The minimum atomic E-state index is -0.343. The molecule has 1 aromatic heterocycles. The number of rotatable bonds is 1. The maximum absolute atomic E-state index is 6.22. The van der Waals surface area contributed by atoms with Crippen LogP contribution in [0.3, 0.4) is 0 Å². The first-order valence-corrected chi connectivity index (χ1v) is 9.40.